The predicted octanol–water partition coefficient (Wildman–Crippen LogP) is 3.97. The van der Waals surface area contributed by atoms with Crippen LogP contribution in [-0.2, 0) is 10.1 Å². The first-order chi connectivity index (χ1) is 9.86. The quantitative estimate of drug-likeness (QED) is 0.543. The van der Waals surface area contributed by atoms with Crippen molar-refractivity contribution in [2.45, 2.75) is 71.6 Å². The summed E-state index contributed by atoms with van der Waals surface area (Å²) in [5.74, 6) is 0.994. The van der Waals surface area contributed by atoms with Crippen LogP contribution in [0.5, 0.6) is 0 Å². The molecule has 1 heterocycles. The van der Waals surface area contributed by atoms with Crippen LogP contribution in [-0.4, -0.2) is 43.8 Å². The van der Waals surface area contributed by atoms with Gasteiger partial charge < -0.3 is 4.90 Å². The Balaban J connectivity index is 0.000000690. The van der Waals surface area contributed by atoms with Crippen LogP contribution >= 0.6 is 0 Å². The highest BCUT2D eigenvalue weighted by atomic mass is 32.2. The van der Waals surface area contributed by atoms with Gasteiger partial charge in [-0.05, 0) is 38.3 Å². The zero-order chi connectivity index (χ0) is 16.1. The molecule has 21 heavy (non-hydrogen) atoms. The molecular weight excluding hydrogens is 286 g/mol. The molecule has 5 heteroatoms. The van der Waals surface area contributed by atoms with Crippen molar-refractivity contribution in [1.82, 2.24) is 4.90 Å². The third-order valence-electron chi connectivity index (χ3n) is 4.01. The minimum Gasteiger partial charge on any atom is -0.303 e. The molecule has 1 N–H and O–H groups in total. The molecule has 1 rings (SSSR count). The first kappa shape index (κ1) is 20.9. The van der Waals surface area contributed by atoms with Crippen LogP contribution in [0.25, 0.3) is 0 Å². The van der Waals surface area contributed by atoms with Gasteiger partial charge in [-0.3, -0.25) is 4.55 Å². The van der Waals surface area contributed by atoms with Gasteiger partial charge in [0.05, 0.1) is 6.26 Å². The van der Waals surface area contributed by atoms with Crippen LogP contribution in [0, 0.1) is 5.92 Å². The Labute approximate surface area is 132 Å². The SMILES string of the molecule is CCCCCCCCN1CCCC(CC)C1.CS(=O)(=O)O. The summed E-state index contributed by atoms with van der Waals surface area (Å²) in [5.41, 5.74) is 0. The van der Waals surface area contributed by atoms with E-state index in [0.717, 1.165) is 5.92 Å². The van der Waals surface area contributed by atoms with E-state index >= 15 is 0 Å². The van der Waals surface area contributed by atoms with Crippen molar-refractivity contribution in [2.24, 2.45) is 5.92 Å². The minimum atomic E-state index is -3.67. The molecule has 1 fully saturated rings. The second-order valence-corrected chi connectivity index (χ2v) is 7.68. The Hall–Kier alpha value is -0.130. The fourth-order valence-electron chi connectivity index (χ4n) is 2.80. The van der Waals surface area contributed by atoms with Gasteiger partial charge in [-0.25, -0.2) is 0 Å². The van der Waals surface area contributed by atoms with Crippen molar-refractivity contribution in [3.63, 3.8) is 0 Å². The number of nitrogens with zero attached hydrogens (tertiary/aromatic N) is 1. The Morgan fingerprint density at radius 2 is 1.67 bits per heavy atom. The number of hydrogen-bond donors (Lipinski definition) is 1. The fourth-order valence-corrected chi connectivity index (χ4v) is 2.80. The lowest BCUT2D eigenvalue weighted by atomic mass is 9.95. The smallest absolute Gasteiger partial charge is 0.261 e. The van der Waals surface area contributed by atoms with Crippen molar-refractivity contribution >= 4 is 10.1 Å². The molecule has 1 atom stereocenters. The summed E-state index contributed by atoms with van der Waals surface area (Å²) in [6.45, 7) is 8.75. The van der Waals surface area contributed by atoms with Crippen molar-refractivity contribution in [1.29, 1.82) is 0 Å². The van der Waals surface area contributed by atoms with Gasteiger partial charge in [0.1, 0.15) is 0 Å². The van der Waals surface area contributed by atoms with E-state index in [1.807, 2.05) is 0 Å². The summed E-state index contributed by atoms with van der Waals surface area (Å²) in [6.07, 6.45) is 13.6. The minimum absolute atomic E-state index is 0.715. The molecule has 1 saturated heterocycles. The molecular formula is C16H35NO3S. The van der Waals surface area contributed by atoms with Crippen LogP contribution in [0.1, 0.15) is 71.6 Å². The Morgan fingerprint density at radius 1 is 1.10 bits per heavy atom. The van der Waals surface area contributed by atoms with Gasteiger partial charge in [0, 0.05) is 6.54 Å². The van der Waals surface area contributed by atoms with E-state index < -0.39 is 10.1 Å². The molecule has 1 aliphatic rings. The van der Waals surface area contributed by atoms with Crippen LogP contribution in [0.3, 0.4) is 0 Å². The molecule has 0 aromatic carbocycles. The lowest BCUT2D eigenvalue weighted by Gasteiger charge is -2.32. The van der Waals surface area contributed by atoms with Gasteiger partial charge in [-0.15, -0.1) is 0 Å². The van der Waals surface area contributed by atoms with E-state index in [0.29, 0.717) is 6.26 Å². The maximum Gasteiger partial charge on any atom is 0.261 e. The molecule has 0 spiro atoms. The molecule has 4 nitrogen and oxygen atoms in total. The third-order valence-corrected chi connectivity index (χ3v) is 4.01. The molecule has 0 bridgehead atoms. The zero-order valence-electron chi connectivity index (χ0n) is 14.2. The van der Waals surface area contributed by atoms with E-state index in [4.69, 9.17) is 4.55 Å². The van der Waals surface area contributed by atoms with Crippen molar-refractivity contribution in [3.8, 4) is 0 Å². The van der Waals surface area contributed by atoms with Gasteiger partial charge in [-0.2, -0.15) is 8.42 Å². The average molecular weight is 322 g/mol. The predicted molar refractivity (Wildman–Crippen MR) is 90.3 cm³/mol. The van der Waals surface area contributed by atoms with Crippen LogP contribution in [0.2, 0.25) is 0 Å². The monoisotopic (exact) mass is 321 g/mol. The largest absolute Gasteiger partial charge is 0.303 e. The molecule has 0 saturated carbocycles. The van der Waals surface area contributed by atoms with Gasteiger partial charge in [0.2, 0.25) is 0 Å². The van der Waals surface area contributed by atoms with Crippen molar-refractivity contribution in [2.75, 3.05) is 25.9 Å². The standard InChI is InChI=1S/C15H31N.CH4O3S/c1-3-5-6-7-8-9-12-16-13-10-11-15(4-2)14-16;1-5(2,3)4/h15H,3-14H2,1-2H3;1H3,(H,2,3,4). The maximum atomic E-state index is 9.19. The molecule has 0 aromatic heterocycles. The molecule has 1 unspecified atom stereocenters. The number of rotatable bonds is 8. The maximum absolute atomic E-state index is 9.19. The van der Waals surface area contributed by atoms with Gasteiger partial charge in [0.15, 0.2) is 0 Å². The first-order valence-corrected chi connectivity index (χ1v) is 10.4. The average Bonchev–Trinajstić information content (AvgIpc) is 2.41. The third kappa shape index (κ3) is 16.1. The van der Waals surface area contributed by atoms with Gasteiger partial charge in [0.25, 0.3) is 10.1 Å². The van der Waals surface area contributed by atoms with Crippen LogP contribution < -0.4 is 0 Å². The van der Waals surface area contributed by atoms with Gasteiger partial charge >= 0.3 is 0 Å². The first-order valence-electron chi connectivity index (χ1n) is 8.51. The Bertz CT molecular complexity index is 322. The van der Waals surface area contributed by atoms with E-state index in [1.54, 1.807) is 0 Å². The van der Waals surface area contributed by atoms with E-state index in [-0.39, 0.29) is 0 Å². The van der Waals surface area contributed by atoms with E-state index in [2.05, 4.69) is 18.7 Å². The summed E-state index contributed by atoms with van der Waals surface area (Å²) in [6, 6.07) is 0. The van der Waals surface area contributed by atoms with E-state index in [9.17, 15) is 8.42 Å². The number of piperidine rings is 1. The summed E-state index contributed by atoms with van der Waals surface area (Å²) in [7, 11) is -3.67. The second kappa shape index (κ2) is 12.4. The summed E-state index contributed by atoms with van der Waals surface area (Å²) >= 11 is 0. The summed E-state index contributed by atoms with van der Waals surface area (Å²) in [5, 5.41) is 0. The highest BCUT2D eigenvalue weighted by Crippen LogP contribution is 2.19. The second-order valence-electron chi connectivity index (χ2n) is 6.22. The molecule has 0 aliphatic carbocycles. The highest BCUT2D eigenvalue weighted by molar-refractivity contribution is 7.85. The highest BCUT2D eigenvalue weighted by Gasteiger charge is 2.17. The number of likely N-dealkylation sites (tertiary alicyclic amines) is 1. The van der Waals surface area contributed by atoms with Crippen LogP contribution in [0.15, 0.2) is 0 Å². The Morgan fingerprint density at radius 3 is 2.24 bits per heavy atom. The normalized spacial score (nSPS) is 19.9. The van der Waals surface area contributed by atoms with Crippen molar-refractivity contribution in [3.05, 3.63) is 0 Å². The molecule has 0 aromatic rings. The Kier molecular flexibility index (Phi) is 12.3. The lowest BCUT2D eigenvalue weighted by Crippen LogP contribution is -2.35. The van der Waals surface area contributed by atoms with E-state index in [1.165, 1.54) is 77.4 Å². The molecule has 0 radical (unpaired) electrons. The number of hydrogen-bond acceptors (Lipinski definition) is 3. The zero-order valence-corrected chi connectivity index (χ0v) is 15.0. The fraction of sp³-hybridized carbons (Fsp3) is 1.00. The molecule has 0 amide bonds. The molecule has 1 aliphatic heterocycles. The van der Waals surface area contributed by atoms with Crippen molar-refractivity contribution < 1.29 is 13.0 Å². The van der Waals surface area contributed by atoms with Gasteiger partial charge in [-0.1, -0.05) is 52.4 Å². The topological polar surface area (TPSA) is 57.6 Å². The molecule has 128 valence electrons. The summed E-state index contributed by atoms with van der Waals surface area (Å²) < 4.78 is 25.9. The number of unbranched alkanes of at least 4 members (excludes halogenated alkanes) is 5. The summed E-state index contributed by atoms with van der Waals surface area (Å²) in [4.78, 5) is 2.71. The lowest BCUT2D eigenvalue weighted by molar-refractivity contribution is 0.169. The van der Waals surface area contributed by atoms with Crippen LogP contribution in [0.4, 0.5) is 0 Å².